The zero-order valence-electron chi connectivity index (χ0n) is 16.2. The van der Waals surface area contributed by atoms with Crippen LogP contribution < -0.4 is 10.6 Å². The van der Waals surface area contributed by atoms with Gasteiger partial charge >= 0.3 is 0 Å². The Balaban J connectivity index is 1.86. The van der Waals surface area contributed by atoms with E-state index in [4.69, 9.17) is 11.6 Å². The molecule has 0 aromatic heterocycles. The molecule has 0 aliphatic heterocycles. The molecule has 0 bridgehead atoms. The molecule has 2 amide bonds. The van der Waals surface area contributed by atoms with E-state index in [0.29, 0.717) is 5.02 Å². The van der Waals surface area contributed by atoms with Crippen LogP contribution in [-0.4, -0.2) is 36.9 Å². The molecule has 0 aliphatic rings. The first-order chi connectivity index (χ1) is 12.8. The molecule has 2 N–H and O–H groups in total. The summed E-state index contributed by atoms with van der Waals surface area (Å²) in [5.74, 6) is -0.382. The van der Waals surface area contributed by atoms with Gasteiger partial charge in [0.15, 0.2) is 0 Å². The van der Waals surface area contributed by atoms with Crippen LogP contribution in [0.5, 0.6) is 0 Å². The predicted molar refractivity (Wildman–Crippen MR) is 110 cm³/mol. The molecular formula is C21H26ClN3O2. The molecule has 2 aromatic carbocycles. The molecule has 0 fully saturated rings. The first-order valence-electron chi connectivity index (χ1n) is 8.87. The van der Waals surface area contributed by atoms with E-state index in [0.717, 1.165) is 22.4 Å². The van der Waals surface area contributed by atoms with Gasteiger partial charge < -0.3 is 15.5 Å². The quantitative estimate of drug-likeness (QED) is 0.761. The van der Waals surface area contributed by atoms with E-state index in [9.17, 15) is 9.59 Å². The van der Waals surface area contributed by atoms with Crippen molar-refractivity contribution in [3.05, 3.63) is 64.2 Å². The highest BCUT2D eigenvalue weighted by Gasteiger charge is 2.16. The van der Waals surface area contributed by atoms with Crippen LogP contribution in [0, 0.1) is 13.8 Å². The molecule has 1 atom stereocenters. The monoisotopic (exact) mass is 387 g/mol. The van der Waals surface area contributed by atoms with Crippen molar-refractivity contribution in [2.45, 2.75) is 26.8 Å². The molecule has 0 spiro atoms. The summed E-state index contributed by atoms with van der Waals surface area (Å²) in [6.07, 6.45) is 0. The highest BCUT2D eigenvalue weighted by atomic mass is 35.5. The maximum Gasteiger partial charge on any atom is 0.243 e. The topological polar surface area (TPSA) is 61.4 Å². The second-order valence-corrected chi connectivity index (χ2v) is 7.10. The second-order valence-electron chi connectivity index (χ2n) is 6.69. The van der Waals surface area contributed by atoms with Crippen LogP contribution in [0.1, 0.15) is 29.7 Å². The summed E-state index contributed by atoms with van der Waals surface area (Å²) in [6.45, 7) is 5.95. The molecule has 144 valence electrons. The summed E-state index contributed by atoms with van der Waals surface area (Å²) in [5, 5.41) is 6.70. The third kappa shape index (κ3) is 5.81. The van der Waals surface area contributed by atoms with E-state index in [1.165, 1.54) is 4.90 Å². The van der Waals surface area contributed by atoms with Crippen molar-refractivity contribution in [1.29, 1.82) is 0 Å². The molecule has 27 heavy (non-hydrogen) atoms. The number of anilines is 1. The Bertz CT molecular complexity index is 803. The van der Waals surface area contributed by atoms with Crippen molar-refractivity contribution in [3.8, 4) is 0 Å². The van der Waals surface area contributed by atoms with Gasteiger partial charge in [-0.2, -0.15) is 0 Å². The summed E-state index contributed by atoms with van der Waals surface area (Å²) in [7, 11) is 1.62. The van der Waals surface area contributed by atoms with Gasteiger partial charge in [0.05, 0.1) is 13.1 Å². The van der Waals surface area contributed by atoms with Crippen molar-refractivity contribution >= 4 is 29.1 Å². The summed E-state index contributed by atoms with van der Waals surface area (Å²) in [4.78, 5) is 26.0. The van der Waals surface area contributed by atoms with E-state index in [-0.39, 0.29) is 30.9 Å². The van der Waals surface area contributed by atoms with Crippen LogP contribution >= 0.6 is 11.6 Å². The molecular weight excluding hydrogens is 362 g/mol. The number of rotatable bonds is 7. The van der Waals surface area contributed by atoms with Gasteiger partial charge in [-0.05, 0) is 43.5 Å². The number of hydrogen-bond donors (Lipinski definition) is 2. The Morgan fingerprint density at radius 3 is 2.33 bits per heavy atom. The summed E-state index contributed by atoms with van der Waals surface area (Å²) in [6, 6.07) is 13.3. The maximum atomic E-state index is 12.3. The Kier molecular flexibility index (Phi) is 7.39. The zero-order chi connectivity index (χ0) is 20.0. The third-order valence-corrected chi connectivity index (χ3v) is 4.83. The number of halogens is 1. The average Bonchev–Trinajstić information content (AvgIpc) is 2.63. The van der Waals surface area contributed by atoms with E-state index < -0.39 is 0 Å². The van der Waals surface area contributed by atoms with Gasteiger partial charge in [-0.15, -0.1) is 0 Å². The molecule has 2 rings (SSSR count). The van der Waals surface area contributed by atoms with Gasteiger partial charge in [-0.25, -0.2) is 0 Å². The van der Waals surface area contributed by atoms with Gasteiger partial charge in [0, 0.05) is 23.8 Å². The van der Waals surface area contributed by atoms with Crippen molar-refractivity contribution in [1.82, 2.24) is 10.2 Å². The van der Waals surface area contributed by atoms with Gasteiger partial charge in [0.25, 0.3) is 0 Å². The largest absolute Gasteiger partial charge is 0.335 e. The normalized spacial score (nSPS) is 11.7. The number of hydrogen-bond acceptors (Lipinski definition) is 3. The molecule has 0 radical (unpaired) electrons. The minimum atomic E-state index is -0.220. The lowest BCUT2D eigenvalue weighted by Gasteiger charge is -2.20. The van der Waals surface area contributed by atoms with Gasteiger partial charge in [0.2, 0.25) is 11.8 Å². The van der Waals surface area contributed by atoms with Crippen LogP contribution in [0.15, 0.2) is 42.5 Å². The minimum Gasteiger partial charge on any atom is -0.335 e. The number of para-hydroxylation sites is 1. The molecule has 0 aliphatic carbocycles. The fourth-order valence-corrected chi connectivity index (χ4v) is 3.11. The van der Waals surface area contributed by atoms with Crippen LogP contribution in [0.4, 0.5) is 5.69 Å². The van der Waals surface area contributed by atoms with Crippen molar-refractivity contribution in [3.63, 3.8) is 0 Å². The highest BCUT2D eigenvalue weighted by Crippen LogP contribution is 2.22. The van der Waals surface area contributed by atoms with Gasteiger partial charge in [-0.1, -0.05) is 48.0 Å². The van der Waals surface area contributed by atoms with E-state index in [2.05, 4.69) is 10.6 Å². The summed E-state index contributed by atoms with van der Waals surface area (Å²) < 4.78 is 0. The van der Waals surface area contributed by atoms with Crippen molar-refractivity contribution in [2.75, 3.05) is 25.5 Å². The first kappa shape index (κ1) is 20.9. The standard InChI is InChI=1S/C21H26ClN3O2/c1-14-8-7-9-15(2)21(14)24-19(26)13-25(4)20(27)12-23-16(3)17-10-5-6-11-18(17)22/h5-11,16,23H,12-13H2,1-4H3,(H,24,26)/t16-/m0/s1. The Morgan fingerprint density at radius 2 is 1.70 bits per heavy atom. The number of carbonyl (C=O) groups is 2. The Hall–Kier alpha value is -2.37. The van der Waals surface area contributed by atoms with Crippen LogP contribution in [0.2, 0.25) is 5.02 Å². The molecule has 0 saturated carbocycles. The summed E-state index contributed by atoms with van der Waals surface area (Å²) in [5.41, 5.74) is 3.72. The number of aryl methyl sites for hydroxylation is 2. The number of benzene rings is 2. The Morgan fingerprint density at radius 1 is 1.07 bits per heavy atom. The number of carbonyl (C=O) groups excluding carboxylic acids is 2. The zero-order valence-corrected chi connectivity index (χ0v) is 16.9. The highest BCUT2D eigenvalue weighted by molar-refractivity contribution is 6.31. The number of likely N-dealkylation sites (N-methyl/N-ethyl adjacent to an activating group) is 1. The molecule has 5 nitrogen and oxygen atoms in total. The Labute approximate surface area is 165 Å². The molecule has 0 unspecified atom stereocenters. The lowest BCUT2D eigenvalue weighted by molar-refractivity contribution is -0.132. The molecule has 6 heteroatoms. The number of nitrogens with one attached hydrogen (secondary N) is 2. The van der Waals surface area contributed by atoms with Gasteiger partial charge in [0.1, 0.15) is 0 Å². The minimum absolute atomic E-state index is 0.00520. The van der Waals surface area contributed by atoms with E-state index >= 15 is 0 Å². The number of nitrogens with zero attached hydrogens (tertiary/aromatic N) is 1. The van der Waals surface area contributed by atoms with Gasteiger partial charge in [-0.3, -0.25) is 9.59 Å². The first-order valence-corrected chi connectivity index (χ1v) is 9.25. The van der Waals surface area contributed by atoms with Crippen LogP contribution in [0.25, 0.3) is 0 Å². The molecule has 0 heterocycles. The second kappa shape index (κ2) is 9.53. The number of amides is 2. The summed E-state index contributed by atoms with van der Waals surface area (Å²) >= 11 is 6.18. The van der Waals surface area contributed by atoms with Crippen molar-refractivity contribution < 1.29 is 9.59 Å². The molecule has 2 aromatic rings. The fourth-order valence-electron chi connectivity index (χ4n) is 2.81. The maximum absolute atomic E-state index is 12.3. The smallest absolute Gasteiger partial charge is 0.243 e. The SMILES string of the molecule is Cc1cccc(C)c1NC(=O)CN(C)C(=O)CN[C@@H](C)c1ccccc1Cl. The third-order valence-electron chi connectivity index (χ3n) is 4.48. The van der Waals surface area contributed by atoms with Crippen LogP contribution in [-0.2, 0) is 9.59 Å². The predicted octanol–water partition coefficient (Wildman–Crippen LogP) is 3.70. The van der Waals surface area contributed by atoms with E-state index in [1.54, 1.807) is 7.05 Å². The fraction of sp³-hybridized carbons (Fsp3) is 0.333. The van der Waals surface area contributed by atoms with Crippen molar-refractivity contribution in [2.24, 2.45) is 0 Å². The molecule has 0 saturated heterocycles. The van der Waals surface area contributed by atoms with E-state index in [1.807, 2.05) is 63.2 Å². The van der Waals surface area contributed by atoms with Crippen LogP contribution in [0.3, 0.4) is 0 Å². The lowest BCUT2D eigenvalue weighted by Crippen LogP contribution is -2.40. The average molecular weight is 388 g/mol. The lowest BCUT2D eigenvalue weighted by atomic mass is 10.1.